The van der Waals surface area contributed by atoms with Gasteiger partial charge < -0.3 is 5.11 Å². The molecule has 1 amide bonds. The van der Waals surface area contributed by atoms with Gasteiger partial charge in [-0.05, 0) is 53.3 Å². The molecule has 0 atom stereocenters. The number of rotatable bonds is 4. The highest BCUT2D eigenvalue weighted by Gasteiger charge is 2.32. The zero-order valence-electron chi connectivity index (χ0n) is 16.5. The van der Waals surface area contributed by atoms with Crippen molar-refractivity contribution in [3.05, 3.63) is 82.9 Å². The van der Waals surface area contributed by atoms with E-state index in [9.17, 15) is 18.3 Å². The zero-order chi connectivity index (χ0) is 21.6. The Morgan fingerprint density at radius 1 is 0.967 bits per heavy atom. The Labute approximate surface area is 180 Å². The molecule has 1 aliphatic carbocycles. The molecule has 30 heavy (non-hydrogen) atoms. The maximum absolute atomic E-state index is 12.3. The van der Waals surface area contributed by atoms with Crippen molar-refractivity contribution in [2.24, 2.45) is 0 Å². The molecule has 0 unspecified atom stereocenters. The van der Waals surface area contributed by atoms with Gasteiger partial charge in [0.15, 0.2) is 0 Å². The fraction of sp³-hybridized carbons (Fsp3) is 0.174. The molecule has 0 bridgehead atoms. The van der Waals surface area contributed by atoms with Crippen molar-refractivity contribution >= 4 is 31.5 Å². The minimum atomic E-state index is -4.00. The molecule has 0 saturated heterocycles. The van der Waals surface area contributed by atoms with Gasteiger partial charge in [0.2, 0.25) is 0 Å². The van der Waals surface area contributed by atoms with Crippen LogP contribution < -0.4 is 4.90 Å². The van der Waals surface area contributed by atoms with Crippen molar-refractivity contribution in [1.82, 2.24) is 0 Å². The van der Waals surface area contributed by atoms with E-state index < -0.39 is 15.1 Å². The molecule has 0 fully saturated rings. The standard InChI is InChI=1S/C23H20ClNO4S/c1-14-11-15(2)22(30(24,28)29)12-21(14)25(23(26)27)13-20-18-9-5-3-7-16(18)17-8-4-6-10-19(17)20/h3-12,20H,13H2,1-2H3,(H,26,27). The molecule has 1 N–H and O–H groups in total. The van der Waals surface area contributed by atoms with Crippen LogP contribution >= 0.6 is 10.7 Å². The number of amides is 1. The number of nitrogens with zero attached hydrogens (tertiary/aromatic N) is 1. The third-order valence-corrected chi connectivity index (χ3v) is 7.07. The minimum Gasteiger partial charge on any atom is -0.465 e. The van der Waals surface area contributed by atoms with E-state index in [1.807, 2.05) is 48.5 Å². The van der Waals surface area contributed by atoms with E-state index in [0.29, 0.717) is 16.8 Å². The van der Waals surface area contributed by atoms with E-state index >= 15 is 0 Å². The van der Waals surface area contributed by atoms with Crippen LogP contribution in [0.2, 0.25) is 0 Å². The van der Waals surface area contributed by atoms with Crippen LogP contribution in [0.5, 0.6) is 0 Å². The highest BCUT2D eigenvalue weighted by Crippen LogP contribution is 2.45. The molecule has 0 aromatic heterocycles. The topological polar surface area (TPSA) is 74.7 Å². The Morgan fingerprint density at radius 2 is 1.50 bits per heavy atom. The Bertz CT molecular complexity index is 1220. The number of carboxylic acid groups (broad SMARTS) is 1. The van der Waals surface area contributed by atoms with Gasteiger partial charge in [-0.15, -0.1) is 0 Å². The average Bonchev–Trinajstić information content (AvgIpc) is 2.99. The molecule has 0 saturated carbocycles. The normalized spacial score (nSPS) is 13.0. The second-order valence-corrected chi connectivity index (χ2v) is 10.00. The molecule has 4 rings (SSSR count). The fourth-order valence-corrected chi connectivity index (χ4v) is 5.49. The Kier molecular flexibility index (Phi) is 5.08. The van der Waals surface area contributed by atoms with Gasteiger partial charge in [0.25, 0.3) is 9.05 Å². The summed E-state index contributed by atoms with van der Waals surface area (Å²) in [6, 6.07) is 18.9. The molecule has 0 radical (unpaired) electrons. The van der Waals surface area contributed by atoms with Gasteiger partial charge in [-0.2, -0.15) is 0 Å². The second-order valence-electron chi connectivity index (χ2n) is 7.46. The first-order valence-electron chi connectivity index (χ1n) is 9.43. The van der Waals surface area contributed by atoms with Crippen molar-refractivity contribution in [3.8, 4) is 11.1 Å². The lowest BCUT2D eigenvalue weighted by atomic mass is 9.96. The summed E-state index contributed by atoms with van der Waals surface area (Å²) in [4.78, 5) is 13.4. The van der Waals surface area contributed by atoms with Gasteiger partial charge >= 0.3 is 6.09 Å². The molecule has 5 nitrogen and oxygen atoms in total. The summed E-state index contributed by atoms with van der Waals surface area (Å²) < 4.78 is 24.0. The fourth-order valence-electron chi connectivity index (χ4n) is 4.29. The number of benzene rings is 3. The molecule has 3 aromatic rings. The largest absolute Gasteiger partial charge is 0.465 e. The quantitative estimate of drug-likeness (QED) is 0.540. The Balaban J connectivity index is 1.83. The monoisotopic (exact) mass is 441 g/mol. The number of fused-ring (bicyclic) bond motifs is 3. The number of carbonyl (C=O) groups is 1. The summed E-state index contributed by atoms with van der Waals surface area (Å²) in [7, 11) is 1.58. The molecule has 0 aliphatic heterocycles. The van der Waals surface area contributed by atoms with Crippen LogP contribution in [-0.4, -0.2) is 26.2 Å². The lowest BCUT2D eigenvalue weighted by Gasteiger charge is -2.26. The van der Waals surface area contributed by atoms with Gasteiger partial charge in [-0.3, -0.25) is 4.90 Å². The van der Waals surface area contributed by atoms with Crippen LogP contribution in [0.1, 0.15) is 28.2 Å². The SMILES string of the molecule is Cc1cc(C)c(S(=O)(=O)Cl)cc1N(CC1c2ccccc2-c2ccccc21)C(=O)O. The van der Waals surface area contributed by atoms with E-state index in [2.05, 4.69) is 0 Å². The highest BCUT2D eigenvalue weighted by atomic mass is 35.7. The molecular weight excluding hydrogens is 422 g/mol. The number of hydrogen-bond donors (Lipinski definition) is 1. The van der Waals surface area contributed by atoms with Crippen LogP contribution in [0.25, 0.3) is 11.1 Å². The van der Waals surface area contributed by atoms with Gasteiger partial charge in [-0.1, -0.05) is 54.6 Å². The lowest BCUT2D eigenvalue weighted by molar-refractivity contribution is 0.201. The molecular formula is C23H20ClNO4S. The van der Waals surface area contributed by atoms with Crippen molar-refractivity contribution in [2.45, 2.75) is 24.7 Å². The molecule has 3 aromatic carbocycles. The van der Waals surface area contributed by atoms with Crippen LogP contribution in [0.4, 0.5) is 10.5 Å². The predicted octanol–water partition coefficient (Wildman–Crippen LogP) is 5.53. The molecule has 7 heteroatoms. The van der Waals surface area contributed by atoms with Crippen LogP contribution in [0, 0.1) is 13.8 Å². The number of halogens is 1. The van der Waals surface area contributed by atoms with Gasteiger partial charge in [0, 0.05) is 23.1 Å². The van der Waals surface area contributed by atoms with E-state index in [1.54, 1.807) is 19.9 Å². The summed E-state index contributed by atoms with van der Waals surface area (Å²) in [5.41, 5.74) is 5.75. The maximum Gasteiger partial charge on any atom is 0.411 e. The van der Waals surface area contributed by atoms with Crippen LogP contribution in [0.15, 0.2) is 65.6 Å². The third kappa shape index (κ3) is 3.46. The first kappa shape index (κ1) is 20.4. The molecule has 0 heterocycles. The maximum atomic E-state index is 12.3. The minimum absolute atomic E-state index is 0.0803. The van der Waals surface area contributed by atoms with E-state index in [0.717, 1.165) is 22.3 Å². The summed E-state index contributed by atoms with van der Waals surface area (Å²) in [5.74, 6) is -0.162. The lowest BCUT2D eigenvalue weighted by Crippen LogP contribution is -2.34. The first-order chi connectivity index (χ1) is 14.2. The first-order valence-corrected chi connectivity index (χ1v) is 11.7. The molecule has 1 aliphatic rings. The van der Waals surface area contributed by atoms with E-state index in [-0.39, 0.29) is 17.4 Å². The average molecular weight is 442 g/mol. The zero-order valence-corrected chi connectivity index (χ0v) is 18.0. The molecule has 0 spiro atoms. The van der Waals surface area contributed by atoms with Crippen molar-refractivity contribution in [2.75, 3.05) is 11.4 Å². The van der Waals surface area contributed by atoms with Crippen molar-refractivity contribution < 1.29 is 18.3 Å². The number of hydrogen-bond acceptors (Lipinski definition) is 3. The van der Waals surface area contributed by atoms with Gasteiger partial charge in [0.1, 0.15) is 0 Å². The Hall–Kier alpha value is -2.83. The van der Waals surface area contributed by atoms with Gasteiger partial charge in [-0.25, -0.2) is 13.2 Å². The molecule has 154 valence electrons. The predicted molar refractivity (Wildman–Crippen MR) is 118 cm³/mol. The summed E-state index contributed by atoms with van der Waals surface area (Å²) >= 11 is 0. The van der Waals surface area contributed by atoms with E-state index in [4.69, 9.17) is 10.7 Å². The van der Waals surface area contributed by atoms with Crippen LogP contribution in [0.3, 0.4) is 0 Å². The second kappa shape index (κ2) is 7.45. The van der Waals surface area contributed by atoms with E-state index in [1.165, 1.54) is 11.0 Å². The smallest absolute Gasteiger partial charge is 0.411 e. The van der Waals surface area contributed by atoms with Crippen molar-refractivity contribution in [3.63, 3.8) is 0 Å². The summed E-state index contributed by atoms with van der Waals surface area (Å²) in [6.45, 7) is 3.56. The number of aryl methyl sites for hydroxylation is 2. The summed E-state index contributed by atoms with van der Waals surface area (Å²) in [5, 5.41) is 10.0. The van der Waals surface area contributed by atoms with Crippen molar-refractivity contribution in [1.29, 1.82) is 0 Å². The van der Waals surface area contributed by atoms with Crippen LogP contribution in [-0.2, 0) is 9.05 Å². The van der Waals surface area contributed by atoms with Gasteiger partial charge in [0.05, 0.1) is 10.6 Å². The third-order valence-electron chi connectivity index (χ3n) is 5.61. The summed E-state index contributed by atoms with van der Waals surface area (Å²) in [6.07, 6.45) is -1.15. The Morgan fingerprint density at radius 3 is 2.00 bits per heavy atom. The number of anilines is 1. The highest BCUT2D eigenvalue weighted by molar-refractivity contribution is 8.13.